The topological polar surface area (TPSA) is 96.6 Å². The zero-order chi connectivity index (χ0) is 14.0. The number of rotatable bonds is 3. The van der Waals surface area contributed by atoms with Gasteiger partial charge >= 0.3 is 5.97 Å². The van der Waals surface area contributed by atoms with Crippen molar-refractivity contribution < 1.29 is 19.1 Å². The SMILES string of the molecule is C[C@H](NC(=O)c1cc(=O)c2ccccc2o1)C(=O)O. The highest BCUT2D eigenvalue weighted by Crippen LogP contribution is 2.11. The fraction of sp³-hybridized carbons (Fsp3) is 0.154. The van der Waals surface area contributed by atoms with Crippen LogP contribution in [0.4, 0.5) is 0 Å². The van der Waals surface area contributed by atoms with Crippen molar-refractivity contribution in [3.05, 3.63) is 46.3 Å². The molecule has 0 radical (unpaired) electrons. The van der Waals surface area contributed by atoms with Crippen molar-refractivity contribution in [2.75, 3.05) is 0 Å². The molecule has 98 valence electrons. The number of hydrogen-bond donors (Lipinski definition) is 2. The molecule has 2 rings (SSSR count). The fourth-order valence-corrected chi connectivity index (χ4v) is 1.55. The second-order valence-corrected chi connectivity index (χ2v) is 4.00. The van der Waals surface area contributed by atoms with Crippen LogP contribution in [-0.4, -0.2) is 23.0 Å². The number of nitrogens with one attached hydrogen (secondary N) is 1. The van der Waals surface area contributed by atoms with E-state index in [2.05, 4.69) is 5.32 Å². The van der Waals surface area contributed by atoms with Crippen LogP contribution in [-0.2, 0) is 4.79 Å². The van der Waals surface area contributed by atoms with Crippen molar-refractivity contribution in [2.45, 2.75) is 13.0 Å². The lowest BCUT2D eigenvalue weighted by molar-refractivity contribution is -0.138. The first-order chi connectivity index (χ1) is 8.99. The zero-order valence-electron chi connectivity index (χ0n) is 10.0. The lowest BCUT2D eigenvalue weighted by atomic mass is 10.2. The van der Waals surface area contributed by atoms with Crippen LogP contribution < -0.4 is 10.7 Å². The lowest BCUT2D eigenvalue weighted by Crippen LogP contribution is -2.38. The molecule has 19 heavy (non-hydrogen) atoms. The number of carboxylic acids is 1. The molecule has 0 fully saturated rings. The molecule has 0 aliphatic rings. The van der Waals surface area contributed by atoms with Crippen LogP contribution in [0.2, 0.25) is 0 Å². The smallest absolute Gasteiger partial charge is 0.325 e. The van der Waals surface area contributed by atoms with Crippen LogP contribution in [0.3, 0.4) is 0 Å². The monoisotopic (exact) mass is 261 g/mol. The number of amides is 1. The average Bonchev–Trinajstić information content (AvgIpc) is 2.38. The summed E-state index contributed by atoms with van der Waals surface area (Å²) in [5, 5.41) is 11.3. The molecule has 2 N–H and O–H groups in total. The van der Waals surface area contributed by atoms with E-state index in [0.717, 1.165) is 6.07 Å². The van der Waals surface area contributed by atoms with Gasteiger partial charge in [-0.3, -0.25) is 14.4 Å². The molecule has 1 heterocycles. The van der Waals surface area contributed by atoms with Gasteiger partial charge in [0.2, 0.25) is 0 Å². The van der Waals surface area contributed by atoms with E-state index < -0.39 is 17.9 Å². The van der Waals surface area contributed by atoms with Gasteiger partial charge in [-0.2, -0.15) is 0 Å². The van der Waals surface area contributed by atoms with E-state index in [-0.39, 0.29) is 16.8 Å². The Morgan fingerprint density at radius 1 is 1.32 bits per heavy atom. The lowest BCUT2D eigenvalue weighted by Gasteiger charge is -2.08. The molecule has 0 saturated heterocycles. The fourth-order valence-electron chi connectivity index (χ4n) is 1.55. The third-order valence-corrected chi connectivity index (χ3v) is 2.58. The summed E-state index contributed by atoms with van der Waals surface area (Å²) in [6.07, 6.45) is 0. The molecule has 0 bridgehead atoms. The Hall–Kier alpha value is -2.63. The Labute approximate surface area is 107 Å². The first-order valence-electron chi connectivity index (χ1n) is 5.55. The molecular formula is C13H11NO5. The van der Waals surface area contributed by atoms with Crippen molar-refractivity contribution >= 4 is 22.8 Å². The highest BCUT2D eigenvalue weighted by Gasteiger charge is 2.18. The first-order valence-corrected chi connectivity index (χ1v) is 5.55. The molecule has 6 nitrogen and oxygen atoms in total. The van der Waals surface area contributed by atoms with Crippen LogP contribution in [0.15, 0.2) is 39.5 Å². The van der Waals surface area contributed by atoms with Gasteiger partial charge in [-0.1, -0.05) is 12.1 Å². The van der Waals surface area contributed by atoms with E-state index in [0.29, 0.717) is 5.39 Å². The standard InChI is InChI=1S/C13H11NO5/c1-7(13(17)18)14-12(16)11-6-9(15)8-4-2-3-5-10(8)19-11/h2-7H,1H3,(H,14,16)(H,17,18)/t7-/m0/s1. The third kappa shape index (κ3) is 2.62. The van der Waals surface area contributed by atoms with E-state index in [1.165, 1.54) is 6.92 Å². The Kier molecular flexibility index (Phi) is 3.33. The van der Waals surface area contributed by atoms with E-state index in [9.17, 15) is 14.4 Å². The highest BCUT2D eigenvalue weighted by molar-refractivity contribution is 5.95. The van der Waals surface area contributed by atoms with Crippen LogP contribution >= 0.6 is 0 Å². The molecule has 0 spiro atoms. The first kappa shape index (κ1) is 12.8. The number of carbonyl (C=O) groups excluding carboxylic acids is 1. The van der Waals surface area contributed by atoms with Crippen molar-refractivity contribution in [1.82, 2.24) is 5.32 Å². The predicted octanol–water partition coefficient (Wildman–Crippen LogP) is 0.996. The minimum atomic E-state index is -1.17. The average molecular weight is 261 g/mol. The van der Waals surface area contributed by atoms with Gasteiger partial charge in [-0.25, -0.2) is 0 Å². The summed E-state index contributed by atoms with van der Waals surface area (Å²) in [6, 6.07) is 6.49. The quantitative estimate of drug-likeness (QED) is 0.859. The molecule has 1 aromatic carbocycles. The normalized spacial score (nSPS) is 12.1. The summed E-state index contributed by atoms with van der Waals surface area (Å²) in [6.45, 7) is 1.32. The van der Waals surface area contributed by atoms with E-state index in [4.69, 9.17) is 9.52 Å². The van der Waals surface area contributed by atoms with Crippen LogP contribution in [0.5, 0.6) is 0 Å². The van der Waals surface area contributed by atoms with Gasteiger partial charge in [0.1, 0.15) is 11.6 Å². The van der Waals surface area contributed by atoms with Gasteiger partial charge in [0.15, 0.2) is 11.2 Å². The number of para-hydroxylation sites is 1. The maximum Gasteiger partial charge on any atom is 0.325 e. The molecule has 0 saturated carbocycles. The van der Waals surface area contributed by atoms with Gasteiger partial charge in [0.25, 0.3) is 5.91 Å². The van der Waals surface area contributed by atoms with Gasteiger partial charge in [0, 0.05) is 6.07 Å². The second-order valence-electron chi connectivity index (χ2n) is 4.00. The minimum Gasteiger partial charge on any atom is -0.480 e. The summed E-state index contributed by atoms with van der Waals surface area (Å²) in [7, 11) is 0. The van der Waals surface area contributed by atoms with E-state index >= 15 is 0 Å². The maximum atomic E-state index is 11.8. The largest absolute Gasteiger partial charge is 0.480 e. The molecular weight excluding hydrogens is 250 g/mol. The third-order valence-electron chi connectivity index (χ3n) is 2.58. The second kappa shape index (κ2) is 4.93. The molecule has 1 aromatic heterocycles. The number of aliphatic carboxylic acids is 1. The van der Waals surface area contributed by atoms with E-state index in [1.807, 2.05) is 0 Å². The molecule has 0 aliphatic carbocycles. The Bertz CT molecular complexity index is 703. The summed E-state index contributed by atoms with van der Waals surface area (Å²) in [5.41, 5.74) is -0.0712. The number of carboxylic acid groups (broad SMARTS) is 1. The summed E-state index contributed by atoms with van der Waals surface area (Å²) in [4.78, 5) is 34.2. The molecule has 1 atom stereocenters. The van der Waals surface area contributed by atoms with Gasteiger partial charge < -0.3 is 14.8 Å². The van der Waals surface area contributed by atoms with Gasteiger partial charge in [0.05, 0.1) is 5.39 Å². The van der Waals surface area contributed by atoms with Crippen LogP contribution in [0.25, 0.3) is 11.0 Å². The van der Waals surface area contributed by atoms with Crippen LogP contribution in [0.1, 0.15) is 17.5 Å². The van der Waals surface area contributed by atoms with Crippen molar-refractivity contribution in [3.8, 4) is 0 Å². The number of hydrogen-bond acceptors (Lipinski definition) is 4. The van der Waals surface area contributed by atoms with Gasteiger partial charge in [-0.15, -0.1) is 0 Å². The number of carbonyl (C=O) groups is 2. The predicted molar refractivity (Wildman–Crippen MR) is 67.0 cm³/mol. The summed E-state index contributed by atoms with van der Waals surface area (Å²) < 4.78 is 5.28. The van der Waals surface area contributed by atoms with Crippen LogP contribution in [0, 0.1) is 0 Å². The van der Waals surface area contributed by atoms with Crippen molar-refractivity contribution in [3.63, 3.8) is 0 Å². The summed E-state index contributed by atoms with van der Waals surface area (Å²) in [5.74, 6) is -2.12. The molecule has 2 aromatic rings. The number of benzene rings is 1. The Balaban J connectivity index is 2.38. The molecule has 6 heteroatoms. The number of fused-ring (bicyclic) bond motifs is 1. The van der Waals surface area contributed by atoms with E-state index in [1.54, 1.807) is 24.3 Å². The minimum absolute atomic E-state index is 0.211. The van der Waals surface area contributed by atoms with Gasteiger partial charge in [-0.05, 0) is 19.1 Å². The van der Waals surface area contributed by atoms with Crippen molar-refractivity contribution in [2.24, 2.45) is 0 Å². The molecule has 0 unspecified atom stereocenters. The van der Waals surface area contributed by atoms with Crippen molar-refractivity contribution in [1.29, 1.82) is 0 Å². The zero-order valence-corrected chi connectivity index (χ0v) is 10.0. The molecule has 0 aliphatic heterocycles. The maximum absolute atomic E-state index is 11.8. The molecule has 1 amide bonds. The Morgan fingerprint density at radius 3 is 2.68 bits per heavy atom. The summed E-state index contributed by atoms with van der Waals surface area (Å²) >= 11 is 0. The Morgan fingerprint density at radius 2 is 2.00 bits per heavy atom. The highest BCUT2D eigenvalue weighted by atomic mass is 16.4.